The van der Waals surface area contributed by atoms with E-state index in [4.69, 9.17) is 10.5 Å². The summed E-state index contributed by atoms with van der Waals surface area (Å²) < 4.78 is 5.12. The Hall–Kier alpha value is -2.23. The summed E-state index contributed by atoms with van der Waals surface area (Å²) in [5.74, 6) is 0.753. The van der Waals surface area contributed by atoms with Crippen LogP contribution in [0.1, 0.15) is 18.7 Å². The summed E-state index contributed by atoms with van der Waals surface area (Å²) in [4.78, 5) is 4.31. The lowest BCUT2D eigenvalue weighted by atomic mass is 10.2. The molecule has 18 heavy (non-hydrogen) atoms. The van der Waals surface area contributed by atoms with Gasteiger partial charge < -0.3 is 15.8 Å². The van der Waals surface area contributed by atoms with E-state index in [9.17, 15) is 0 Å². The van der Waals surface area contributed by atoms with E-state index >= 15 is 0 Å². The molecular formula is C14H17N3O. The molecular weight excluding hydrogens is 226 g/mol. The molecule has 0 fully saturated rings. The summed E-state index contributed by atoms with van der Waals surface area (Å²) in [5.41, 5.74) is 8.49. The Balaban J connectivity index is 2.14. The fourth-order valence-electron chi connectivity index (χ4n) is 1.74. The van der Waals surface area contributed by atoms with E-state index in [2.05, 4.69) is 10.3 Å². The second-order valence-corrected chi connectivity index (χ2v) is 4.07. The van der Waals surface area contributed by atoms with Crippen molar-refractivity contribution in [2.75, 3.05) is 18.2 Å². The Labute approximate surface area is 107 Å². The van der Waals surface area contributed by atoms with Gasteiger partial charge in [-0.3, -0.25) is 4.98 Å². The first-order chi connectivity index (χ1) is 8.70. The van der Waals surface area contributed by atoms with Gasteiger partial charge in [-0.2, -0.15) is 0 Å². The molecule has 4 nitrogen and oxygen atoms in total. The zero-order valence-electron chi connectivity index (χ0n) is 10.6. The van der Waals surface area contributed by atoms with E-state index in [1.807, 2.05) is 37.3 Å². The lowest BCUT2D eigenvalue weighted by Crippen LogP contribution is -2.09. The number of nitrogens with zero attached hydrogens (tertiary/aromatic N) is 1. The Morgan fingerprint density at radius 2 is 2.11 bits per heavy atom. The standard InChI is InChI=1S/C14H17N3O/c1-10(13-5-3-4-8-16-13)17-14-7-6-11(18-2)9-12(14)15/h3-10,17H,15H2,1-2H3. The number of aromatic nitrogens is 1. The van der Waals surface area contributed by atoms with Crippen LogP contribution in [0.15, 0.2) is 42.6 Å². The van der Waals surface area contributed by atoms with E-state index in [1.165, 1.54) is 0 Å². The number of nitrogen functional groups attached to an aromatic ring is 1. The van der Waals surface area contributed by atoms with Gasteiger partial charge in [0, 0.05) is 12.3 Å². The van der Waals surface area contributed by atoms with Gasteiger partial charge in [0.15, 0.2) is 0 Å². The summed E-state index contributed by atoms with van der Waals surface area (Å²) in [7, 11) is 1.62. The minimum atomic E-state index is 0.0990. The molecule has 3 N–H and O–H groups in total. The zero-order chi connectivity index (χ0) is 13.0. The average molecular weight is 243 g/mol. The molecule has 94 valence electrons. The smallest absolute Gasteiger partial charge is 0.121 e. The van der Waals surface area contributed by atoms with E-state index in [1.54, 1.807) is 19.4 Å². The second-order valence-electron chi connectivity index (χ2n) is 4.07. The maximum atomic E-state index is 5.96. The van der Waals surface area contributed by atoms with Gasteiger partial charge in [0.2, 0.25) is 0 Å². The third-order valence-electron chi connectivity index (χ3n) is 2.76. The quantitative estimate of drug-likeness (QED) is 0.811. The number of benzene rings is 1. The van der Waals surface area contributed by atoms with E-state index in [0.717, 1.165) is 17.1 Å². The molecule has 0 bridgehead atoms. The number of nitrogens with one attached hydrogen (secondary N) is 1. The van der Waals surface area contributed by atoms with Crippen LogP contribution in [-0.4, -0.2) is 12.1 Å². The van der Waals surface area contributed by atoms with Crippen molar-refractivity contribution in [3.05, 3.63) is 48.3 Å². The lowest BCUT2D eigenvalue weighted by molar-refractivity contribution is 0.415. The monoisotopic (exact) mass is 243 g/mol. The van der Waals surface area contributed by atoms with Gasteiger partial charge in [0.25, 0.3) is 0 Å². The predicted octanol–water partition coefficient (Wildman–Crippen LogP) is 2.85. The summed E-state index contributed by atoms with van der Waals surface area (Å²) >= 11 is 0. The fourth-order valence-corrected chi connectivity index (χ4v) is 1.74. The van der Waals surface area contributed by atoms with Crippen LogP contribution in [-0.2, 0) is 0 Å². The van der Waals surface area contributed by atoms with Gasteiger partial charge in [-0.05, 0) is 31.2 Å². The topological polar surface area (TPSA) is 60.2 Å². The molecule has 2 rings (SSSR count). The molecule has 1 atom stereocenters. The van der Waals surface area contributed by atoms with Crippen molar-refractivity contribution in [3.8, 4) is 5.75 Å². The normalized spacial score (nSPS) is 11.9. The number of nitrogens with two attached hydrogens (primary N) is 1. The Morgan fingerprint density at radius 3 is 2.72 bits per heavy atom. The number of hydrogen-bond acceptors (Lipinski definition) is 4. The minimum absolute atomic E-state index is 0.0990. The van der Waals surface area contributed by atoms with Gasteiger partial charge in [-0.1, -0.05) is 6.07 Å². The van der Waals surface area contributed by atoms with Crippen LogP contribution in [0.3, 0.4) is 0 Å². The summed E-state index contributed by atoms with van der Waals surface area (Å²) in [5, 5.41) is 3.33. The molecule has 0 aliphatic heterocycles. The number of rotatable bonds is 4. The van der Waals surface area contributed by atoms with Crippen LogP contribution in [0.25, 0.3) is 0 Å². The van der Waals surface area contributed by atoms with Crippen molar-refractivity contribution >= 4 is 11.4 Å². The van der Waals surface area contributed by atoms with Crippen LogP contribution in [0.2, 0.25) is 0 Å². The summed E-state index contributed by atoms with van der Waals surface area (Å²) in [6.07, 6.45) is 1.78. The number of anilines is 2. The van der Waals surface area contributed by atoms with Gasteiger partial charge in [0.05, 0.1) is 30.2 Å². The first kappa shape index (κ1) is 12.2. The van der Waals surface area contributed by atoms with E-state index in [-0.39, 0.29) is 6.04 Å². The molecule has 0 aliphatic carbocycles. The maximum Gasteiger partial charge on any atom is 0.121 e. The largest absolute Gasteiger partial charge is 0.497 e. The van der Waals surface area contributed by atoms with Crippen molar-refractivity contribution < 1.29 is 4.74 Å². The van der Waals surface area contributed by atoms with Crippen LogP contribution in [0.5, 0.6) is 5.75 Å². The lowest BCUT2D eigenvalue weighted by Gasteiger charge is -2.16. The predicted molar refractivity (Wildman–Crippen MR) is 73.7 cm³/mol. The third-order valence-corrected chi connectivity index (χ3v) is 2.76. The first-order valence-corrected chi connectivity index (χ1v) is 5.81. The van der Waals surface area contributed by atoms with Crippen molar-refractivity contribution in [2.45, 2.75) is 13.0 Å². The molecule has 4 heteroatoms. The van der Waals surface area contributed by atoms with Gasteiger partial charge in [-0.25, -0.2) is 0 Å². The van der Waals surface area contributed by atoms with Crippen molar-refractivity contribution in [2.24, 2.45) is 0 Å². The molecule has 0 saturated carbocycles. The van der Waals surface area contributed by atoms with Crippen LogP contribution < -0.4 is 15.8 Å². The van der Waals surface area contributed by atoms with Crippen molar-refractivity contribution in [1.82, 2.24) is 4.98 Å². The van der Waals surface area contributed by atoms with Crippen molar-refractivity contribution in [1.29, 1.82) is 0 Å². The number of ether oxygens (including phenoxy) is 1. The highest BCUT2D eigenvalue weighted by molar-refractivity contribution is 5.68. The summed E-state index contributed by atoms with van der Waals surface area (Å²) in [6, 6.07) is 11.5. The molecule has 0 spiro atoms. The third kappa shape index (κ3) is 2.71. The van der Waals surface area contributed by atoms with Crippen molar-refractivity contribution in [3.63, 3.8) is 0 Å². The molecule has 1 heterocycles. The zero-order valence-corrected chi connectivity index (χ0v) is 10.6. The molecule has 0 radical (unpaired) electrons. The molecule has 0 aliphatic rings. The highest BCUT2D eigenvalue weighted by Crippen LogP contribution is 2.27. The first-order valence-electron chi connectivity index (χ1n) is 5.81. The highest BCUT2D eigenvalue weighted by Gasteiger charge is 2.08. The molecule has 0 amide bonds. The van der Waals surface area contributed by atoms with Crippen LogP contribution in [0.4, 0.5) is 11.4 Å². The SMILES string of the molecule is COc1ccc(NC(C)c2ccccn2)c(N)c1. The van der Waals surface area contributed by atoms with Gasteiger partial charge in [-0.15, -0.1) is 0 Å². The van der Waals surface area contributed by atoms with Gasteiger partial charge >= 0.3 is 0 Å². The number of hydrogen-bond donors (Lipinski definition) is 2. The average Bonchev–Trinajstić information content (AvgIpc) is 2.42. The number of pyridine rings is 1. The van der Waals surface area contributed by atoms with Crippen LogP contribution >= 0.6 is 0 Å². The Kier molecular flexibility index (Phi) is 3.67. The molecule has 1 unspecified atom stereocenters. The summed E-state index contributed by atoms with van der Waals surface area (Å²) in [6.45, 7) is 2.05. The molecule has 0 saturated heterocycles. The maximum absolute atomic E-state index is 5.96. The highest BCUT2D eigenvalue weighted by atomic mass is 16.5. The van der Waals surface area contributed by atoms with Crippen LogP contribution in [0, 0.1) is 0 Å². The van der Waals surface area contributed by atoms with E-state index in [0.29, 0.717) is 5.69 Å². The molecule has 1 aromatic carbocycles. The Morgan fingerprint density at radius 1 is 1.28 bits per heavy atom. The number of methoxy groups -OCH3 is 1. The fraction of sp³-hybridized carbons (Fsp3) is 0.214. The van der Waals surface area contributed by atoms with E-state index < -0.39 is 0 Å². The molecule has 1 aromatic heterocycles. The van der Waals surface area contributed by atoms with Gasteiger partial charge in [0.1, 0.15) is 5.75 Å². The molecule has 2 aromatic rings. The Bertz CT molecular complexity index is 514. The minimum Gasteiger partial charge on any atom is -0.497 e. The second kappa shape index (κ2) is 5.40.